The third-order valence-electron chi connectivity index (χ3n) is 4.28. The van der Waals surface area contributed by atoms with Crippen molar-refractivity contribution in [3.63, 3.8) is 0 Å². The van der Waals surface area contributed by atoms with Crippen molar-refractivity contribution in [1.82, 2.24) is 16.1 Å². The number of carboxylic acid groups (broad SMARTS) is 1. The smallest absolute Gasteiger partial charge is 0.335 e. The molecule has 0 fully saturated rings. The summed E-state index contributed by atoms with van der Waals surface area (Å²) in [6.45, 7) is 1.73. The number of allylic oxidation sites excluding steroid dienone is 1. The molecular weight excluding hydrogens is 392 g/mol. The third kappa shape index (κ3) is 4.77. The molecule has 0 bridgehead atoms. The summed E-state index contributed by atoms with van der Waals surface area (Å²) in [5.74, 6) is -1.33. The van der Waals surface area contributed by atoms with Crippen LogP contribution in [0.1, 0.15) is 34.5 Å². The van der Waals surface area contributed by atoms with Crippen LogP contribution in [0.4, 0.5) is 0 Å². The van der Waals surface area contributed by atoms with Crippen LogP contribution in [-0.2, 0) is 4.79 Å². The van der Waals surface area contributed by atoms with Gasteiger partial charge < -0.3 is 20.8 Å². The molecule has 0 spiro atoms. The highest BCUT2D eigenvalue weighted by molar-refractivity contribution is 7.80. The van der Waals surface area contributed by atoms with Crippen LogP contribution in [0, 0.1) is 0 Å². The van der Waals surface area contributed by atoms with Crippen LogP contribution >= 0.6 is 12.2 Å². The number of phenols is 1. The van der Waals surface area contributed by atoms with Crippen LogP contribution in [-0.4, -0.2) is 33.4 Å². The lowest BCUT2D eigenvalue weighted by atomic mass is 9.94. The van der Waals surface area contributed by atoms with E-state index >= 15 is 0 Å². The van der Waals surface area contributed by atoms with Crippen molar-refractivity contribution in [1.29, 1.82) is 0 Å². The minimum absolute atomic E-state index is 0.138. The SMILES string of the molecule is CC1=C(C(=O)N/N=C/c2ccc(O)cc2)C(c2ccc(C(=O)O)cc2)NC(=S)N1. The van der Waals surface area contributed by atoms with Gasteiger partial charge in [0.1, 0.15) is 5.75 Å². The van der Waals surface area contributed by atoms with Crippen LogP contribution in [0.25, 0.3) is 0 Å². The number of nitrogens with one attached hydrogen (secondary N) is 3. The van der Waals surface area contributed by atoms with E-state index in [1.807, 2.05) is 0 Å². The first-order chi connectivity index (χ1) is 13.8. The molecule has 2 aromatic carbocycles. The molecule has 0 saturated heterocycles. The molecule has 0 radical (unpaired) electrons. The zero-order valence-corrected chi connectivity index (χ0v) is 16.2. The molecule has 148 valence electrons. The van der Waals surface area contributed by atoms with E-state index in [0.717, 1.165) is 0 Å². The Labute approximate surface area is 171 Å². The Hall–Kier alpha value is -3.72. The van der Waals surface area contributed by atoms with Crippen molar-refractivity contribution in [2.24, 2.45) is 5.10 Å². The van der Waals surface area contributed by atoms with Crippen LogP contribution < -0.4 is 16.1 Å². The van der Waals surface area contributed by atoms with E-state index in [1.54, 1.807) is 31.2 Å². The molecule has 1 heterocycles. The fourth-order valence-corrected chi connectivity index (χ4v) is 3.12. The van der Waals surface area contributed by atoms with E-state index in [-0.39, 0.29) is 11.3 Å². The zero-order chi connectivity index (χ0) is 21.0. The van der Waals surface area contributed by atoms with Gasteiger partial charge in [-0.1, -0.05) is 12.1 Å². The Morgan fingerprint density at radius 1 is 1.14 bits per heavy atom. The standard InChI is InChI=1S/C20H18N4O4S/c1-11-16(18(26)24-21-10-12-2-8-15(25)9-3-12)17(23-20(29)22-11)13-4-6-14(7-5-13)19(27)28/h2-10,17,25H,1H3,(H,24,26)(H,27,28)(H2,22,23,29)/b21-10+. The second kappa shape index (κ2) is 8.53. The van der Waals surface area contributed by atoms with Crippen molar-refractivity contribution in [2.75, 3.05) is 0 Å². The predicted octanol–water partition coefficient (Wildman–Crippen LogP) is 2.03. The molecule has 5 N–H and O–H groups in total. The number of hydrogen-bond acceptors (Lipinski definition) is 5. The first-order valence-corrected chi connectivity index (χ1v) is 9.00. The molecule has 9 heteroatoms. The highest BCUT2D eigenvalue weighted by atomic mass is 32.1. The molecule has 29 heavy (non-hydrogen) atoms. The van der Waals surface area contributed by atoms with E-state index in [0.29, 0.717) is 27.5 Å². The van der Waals surface area contributed by atoms with Gasteiger partial charge in [-0.05, 0) is 66.7 Å². The number of phenolic OH excluding ortho intramolecular Hbond substituents is 1. The van der Waals surface area contributed by atoms with Crippen LogP contribution in [0.5, 0.6) is 5.75 Å². The Balaban J connectivity index is 1.82. The molecule has 2 aromatic rings. The average Bonchev–Trinajstić information content (AvgIpc) is 2.69. The number of nitrogens with zero attached hydrogens (tertiary/aromatic N) is 1. The number of amides is 1. The van der Waals surface area contributed by atoms with Gasteiger partial charge in [-0.2, -0.15) is 5.10 Å². The van der Waals surface area contributed by atoms with E-state index < -0.39 is 17.9 Å². The molecule has 1 atom stereocenters. The number of hydrazone groups is 1. The summed E-state index contributed by atoms with van der Waals surface area (Å²) in [4.78, 5) is 23.8. The number of rotatable bonds is 5. The monoisotopic (exact) mass is 410 g/mol. The lowest BCUT2D eigenvalue weighted by Crippen LogP contribution is -2.46. The topological polar surface area (TPSA) is 123 Å². The molecule has 1 aliphatic heterocycles. The maximum Gasteiger partial charge on any atom is 0.335 e. The minimum Gasteiger partial charge on any atom is -0.508 e. The van der Waals surface area contributed by atoms with Gasteiger partial charge in [-0.25, -0.2) is 10.2 Å². The second-order valence-electron chi connectivity index (χ2n) is 6.29. The highest BCUT2D eigenvalue weighted by Gasteiger charge is 2.29. The third-order valence-corrected chi connectivity index (χ3v) is 4.50. The molecule has 1 aliphatic rings. The average molecular weight is 410 g/mol. The summed E-state index contributed by atoms with van der Waals surface area (Å²) >= 11 is 5.20. The maximum absolute atomic E-state index is 12.8. The maximum atomic E-state index is 12.8. The molecule has 0 saturated carbocycles. The van der Waals surface area contributed by atoms with Gasteiger partial charge in [-0.15, -0.1) is 0 Å². The van der Waals surface area contributed by atoms with Crippen LogP contribution in [0.2, 0.25) is 0 Å². The lowest BCUT2D eigenvalue weighted by Gasteiger charge is -2.30. The van der Waals surface area contributed by atoms with E-state index in [1.165, 1.54) is 30.5 Å². The summed E-state index contributed by atoms with van der Waals surface area (Å²) in [5.41, 5.74) is 4.97. The zero-order valence-electron chi connectivity index (χ0n) is 15.3. The van der Waals surface area contributed by atoms with E-state index in [4.69, 9.17) is 17.3 Å². The Kier molecular flexibility index (Phi) is 5.89. The Morgan fingerprint density at radius 2 is 1.79 bits per heavy atom. The summed E-state index contributed by atoms with van der Waals surface area (Å²) < 4.78 is 0. The highest BCUT2D eigenvalue weighted by Crippen LogP contribution is 2.27. The summed E-state index contributed by atoms with van der Waals surface area (Å²) in [5, 5.41) is 28.6. The number of carbonyl (C=O) groups is 2. The van der Waals surface area contributed by atoms with Gasteiger partial charge in [0.15, 0.2) is 5.11 Å². The van der Waals surface area contributed by atoms with Crippen LogP contribution in [0.3, 0.4) is 0 Å². The second-order valence-corrected chi connectivity index (χ2v) is 6.70. The van der Waals surface area contributed by atoms with E-state index in [2.05, 4.69) is 21.2 Å². The van der Waals surface area contributed by atoms with Gasteiger partial charge in [0, 0.05) is 5.70 Å². The van der Waals surface area contributed by atoms with Crippen molar-refractivity contribution in [3.8, 4) is 5.75 Å². The van der Waals surface area contributed by atoms with Crippen molar-refractivity contribution < 1.29 is 19.8 Å². The fourth-order valence-electron chi connectivity index (χ4n) is 2.85. The number of aromatic carboxylic acids is 1. The number of aromatic hydroxyl groups is 1. The first-order valence-electron chi connectivity index (χ1n) is 8.59. The van der Waals surface area contributed by atoms with Crippen molar-refractivity contribution >= 4 is 35.4 Å². The largest absolute Gasteiger partial charge is 0.508 e. The Morgan fingerprint density at radius 3 is 2.41 bits per heavy atom. The van der Waals surface area contributed by atoms with Gasteiger partial charge in [0.2, 0.25) is 0 Å². The predicted molar refractivity (Wildman–Crippen MR) is 112 cm³/mol. The van der Waals surface area contributed by atoms with E-state index in [9.17, 15) is 14.7 Å². The molecule has 1 amide bonds. The molecule has 3 rings (SSSR count). The number of carboxylic acids is 1. The quantitative estimate of drug-likeness (QED) is 0.290. The van der Waals surface area contributed by atoms with Gasteiger partial charge in [0.05, 0.1) is 23.4 Å². The molecule has 0 aromatic heterocycles. The summed E-state index contributed by atoms with van der Waals surface area (Å²) in [7, 11) is 0. The minimum atomic E-state index is -1.03. The summed E-state index contributed by atoms with van der Waals surface area (Å²) in [6.07, 6.45) is 1.46. The summed E-state index contributed by atoms with van der Waals surface area (Å²) in [6, 6.07) is 12.0. The van der Waals surface area contributed by atoms with Gasteiger partial charge in [-0.3, -0.25) is 4.79 Å². The fraction of sp³-hybridized carbons (Fsp3) is 0.100. The molecule has 1 unspecified atom stereocenters. The lowest BCUT2D eigenvalue weighted by molar-refractivity contribution is -0.117. The molecule has 0 aliphatic carbocycles. The van der Waals surface area contributed by atoms with Crippen molar-refractivity contribution in [2.45, 2.75) is 13.0 Å². The number of carbonyl (C=O) groups excluding carboxylic acids is 1. The molecular formula is C20H18N4O4S. The Bertz CT molecular complexity index is 1010. The number of thiocarbonyl (C=S) groups is 1. The van der Waals surface area contributed by atoms with Crippen LogP contribution in [0.15, 0.2) is 64.9 Å². The van der Waals surface area contributed by atoms with Gasteiger partial charge >= 0.3 is 5.97 Å². The van der Waals surface area contributed by atoms with Crippen molar-refractivity contribution in [3.05, 3.63) is 76.5 Å². The first kappa shape index (κ1) is 20.0. The molecule has 8 nitrogen and oxygen atoms in total. The number of hydrogen-bond donors (Lipinski definition) is 5. The van der Waals surface area contributed by atoms with Gasteiger partial charge in [0.25, 0.3) is 5.91 Å². The normalized spacial score (nSPS) is 16.3. The number of benzene rings is 2.